The highest BCUT2D eigenvalue weighted by Gasteiger charge is 2.57. The smallest absolute Gasteiger partial charge is 0.408 e. The fraction of sp³-hybridized carbons (Fsp3) is 0.438. The monoisotopic (exact) mass is 978 g/mol. The maximum Gasteiger partial charge on any atom is 0.408 e. The van der Waals surface area contributed by atoms with Gasteiger partial charge in [-0.1, -0.05) is 89.4 Å². The molecule has 4 heterocycles. The van der Waals surface area contributed by atoms with Crippen molar-refractivity contribution >= 4 is 58.6 Å². The molecule has 4 aliphatic heterocycles. The summed E-state index contributed by atoms with van der Waals surface area (Å²) in [6.07, 6.45) is -0.172. The van der Waals surface area contributed by atoms with Crippen molar-refractivity contribution in [1.29, 1.82) is 5.26 Å². The van der Waals surface area contributed by atoms with Gasteiger partial charge in [0.1, 0.15) is 31.0 Å². The van der Waals surface area contributed by atoms with Crippen molar-refractivity contribution < 1.29 is 47.9 Å². The number of rotatable bonds is 13. The number of halogens is 3. The number of ether oxygens (including phenoxy) is 7. The number of esters is 1. The van der Waals surface area contributed by atoms with E-state index in [1.54, 1.807) is 21.1 Å². The zero-order valence-electron chi connectivity index (χ0n) is 36.9. The largest absolute Gasteiger partial charge is 0.507 e. The molecule has 1 fully saturated rings. The number of nitrogens with zero attached hydrogens (tertiary/aromatic N) is 3. The van der Waals surface area contributed by atoms with Gasteiger partial charge in [0.15, 0.2) is 29.8 Å². The molecule has 2 bridgehead atoms. The number of fused-ring (bicyclic) bond motifs is 12. The lowest BCUT2D eigenvalue weighted by atomic mass is 9.71. The Hall–Kier alpha value is -4.79. The number of methoxy groups -OCH3 is 2. The summed E-state index contributed by atoms with van der Waals surface area (Å²) in [6, 6.07) is 17.3. The minimum atomic E-state index is -1.88. The predicted molar refractivity (Wildman–Crippen MR) is 249 cm³/mol. The van der Waals surface area contributed by atoms with E-state index >= 15 is 0 Å². The van der Waals surface area contributed by atoms with Gasteiger partial charge in [-0.3, -0.25) is 9.80 Å². The molecule has 2 unspecified atom stereocenters. The maximum atomic E-state index is 14.6. The van der Waals surface area contributed by atoms with E-state index in [1.807, 2.05) is 38.2 Å². The Morgan fingerprint density at radius 1 is 0.985 bits per heavy atom. The topological polar surface area (TPSA) is 161 Å². The highest BCUT2D eigenvalue weighted by Crippen LogP contribution is 2.58. The number of phenolic OH excluding ortho intramolecular Hbond substituents is 1. The van der Waals surface area contributed by atoms with E-state index in [0.717, 1.165) is 27.8 Å². The molecule has 1 saturated heterocycles. The number of alkyl carbamates (subject to hydrolysis) is 1. The molecular formula is C48H49Cl3N4O10S. The number of alkyl halides is 3. The van der Waals surface area contributed by atoms with Crippen LogP contribution in [-0.2, 0) is 31.8 Å². The number of aromatic hydroxyl groups is 1. The SMILES string of the molecule is COCOc1c(OC)c(C)cc2c1[C@@H]1C3Cc4c(O)c(C)c5c(c4[C@H](COC(=O)[C@@H](CSCC4c6ccccc6-c6ccccc64)NC(=O)OCC(Cl)(Cl)Cl)N3C(C#N)[C@@H](C2)N1C)OCO5. The van der Waals surface area contributed by atoms with Crippen LogP contribution in [0.5, 0.6) is 28.7 Å². The van der Waals surface area contributed by atoms with E-state index in [2.05, 4.69) is 51.5 Å². The molecule has 348 valence electrons. The number of nitrogens with one attached hydrogen (secondary N) is 1. The molecule has 1 aliphatic carbocycles. The first-order valence-electron chi connectivity index (χ1n) is 21.5. The third-order valence-corrected chi connectivity index (χ3v) is 14.9. The molecule has 0 aromatic heterocycles. The Labute approximate surface area is 402 Å². The van der Waals surface area contributed by atoms with Crippen LogP contribution in [0.4, 0.5) is 4.79 Å². The standard InChI is InChI=1S/C48H49Cl3N4O10S/c1-24-14-26-15-34-36(17-52)55-35(40(54(34)3)38(26)44(42(24)60-5)63-22-59-4)16-31-39(45-43(64-23-65-45)25(2)41(31)56)37(55)18-61-46(57)33(53-47(58)62-21-48(49,50)51)20-66-19-32-29-12-8-6-10-27(29)28-11-7-9-13-30(28)32/h6-14,32-37,40,56H,15-16,18-23H2,1-5H3,(H,53,58)/t33-,34-,35?,36?,37+,40+/m1/s1. The first kappa shape index (κ1) is 46.3. The third-order valence-electron chi connectivity index (χ3n) is 13.5. The molecule has 2 N–H and O–H groups in total. The van der Waals surface area contributed by atoms with Crippen LogP contribution in [-0.4, -0.2) is 115 Å². The minimum Gasteiger partial charge on any atom is -0.507 e. The van der Waals surface area contributed by atoms with Crippen LogP contribution < -0.4 is 24.3 Å². The predicted octanol–water partition coefficient (Wildman–Crippen LogP) is 8.05. The van der Waals surface area contributed by atoms with Crippen LogP contribution in [0.25, 0.3) is 11.1 Å². The second-order valence-electron chi connectivity index (χ2n) is 17.1. The number of hydrogen-bond acceptors (Lipinski definition) is 14. The summed E-state index contributed by atoms with van der Waals surface area (Å²) in [5.41, 5.74) is 9.14. The van der Waals surface area contributed by atoms with Crippen LogP contribution >= 0.6 is 46.6 Å². The number of piperazine rings is 1. The molecule has 18 heteroatoms. The average Bonchev–Trinajstić information content (AvgIpc) is 3.91. The van der Waals surface area contributed by atoms with Gasteiger partial charge in [0.2, 0.25) is 10.6 Å². The number of benzene rings is 4. The highest BCUT2D eigenvalue weighted by molar-refractivity contribution is 7.99. The van der Waals surface area contributed by atoms with E-state index in [0.29, 0.717) is 58.3 Å². The Morgan fingerprint density at radius 2 is 1.68 bits per heavy atom. The van der Waals surface area contributed by atoms with Crippen molar-refractivity contribution in [2.45, 2.75) is 72.7 Å². The lowest BCUT2D eigenvalue weighted by Crippen LogP contribution is -2.68. The molecule has 1 amide bonds. The van der Waals surface area contributed by atoms with E-state index < -0.39 is 46.6 Å². The molecule has 0 radical (unpaired) electrons. The normalized spacial score (nSPS) is 21.9. The van der Waals surface area contributed by atoms with Crippen molar-refractivity contribution in [3.8, 4) is 45.9 Å². The fourth-order valence-electron chi connectivity index (χ4n) is 10.7. The maximum absolute atomic E-state index is 14.6. The highest BCUT2D eigenvalue weighted by atomic mass is 35.6. The van der Waals surface area contributed by atoms with Crippen molar-refractivity contribution in [3.05, 3.63) is 99.1 Å². The van der Waals surface area contributed by atoms with Gasteiger partial charge >= 0.3 is 12.1 Å². The number of carbonyl (C=O) groups is 2. The Kier molecular flexibility index (Phi) is 13.1. The second kappa shape index (κ2) is 18.7. The number of phenols is 1. The number of amides is 1. The number of hydrogen-bond donors (Lipinski definition) is 2. The molecule has 6 atom stereocenters. The van der Waals surface area contributed by atoms with Crippen molar-refractivity contribution in [2.24, 2.45) is 0 Å². The van der Waals surface area contributed by atoms with Crippen LogP contribution in [0.3, 0.4) is 0 Å². The first-order chi connectivity index (χ1) is 31.8. The van der Waals surface area contributed by atoms with Crippen molar-refractivity contribution in [3.63, 3.8) is 0 Å². The summed E-state index contributed by atoms with van der Waals surface area (Å²) >= 11 is 19.2. The molecule has 0 saturated carbocycles. The second-order valence-corrected chi connectivity index (χ2v) is 20.7. The fourth-order valence-corrected chi connectivity index (χ4v) is 12.1. The summed E-state index contributed by atoms with van der Waals surface area (Å²) < 4.78 is 39.3. The van der Waals surface area contributed by atoms with E-state index in [-0.39, 0.29) is 49.7 Å². The molecule has 4 aromatic carbocycles. The zero-order valence-corrected chi connectivity index (χ0v) is 40.0. The van der Waals surface area contributed by atoms with Crippen LogP contribution in [0, 0.1) is 25.2 Å². The number of thioether (sulfide) groups is 1. The molecule has 66 heavy (non-hydrogen) atoms. The Bertz CT molecular complexity index is 2560. The molecule has 4 aromatic rings. The lowest BCUT2D eigenvalue weighted by Gasteiger charge is -2.59. The summed E-state index contributed by atoms with van der Waals surface area (Å²) in [5.74, 6) is 1.93. The molecule has 0 spiro atoms. The van der Waals surface area contributed by atoms with E-state index in [4.69, 9.17) is 68.0 Å². The van der Waals surface area contributed by atoms with Gasteiger partial charge in [-0.25, -0.2) is 9.59 Å². The van der Waals surface area contributed by atoms with Gasteiger partial charge in [0.25, 0.3) is 0 Å². The van der Waals surface area contributed by atoms with Crippen molar-refractivity contribution in [1.82, 2.24) is 15.1 Å². The summed E-state index contributed by atoms with van der Waals surface area (Å²) in [7, 11) is 5.15. The molecule has 14 nitrogen and oxygen atoms in total. The van der Waals surface area contributed by atoms with E-state index in [1.165, 1.54) is 22.9 Å². The van der Waals surface area contributed by atoms with Gasteiger partial charge in [-0.15, -0.1) is 0 Å². The number of carbonyl (C=O) groups excluding carboxylic acids is 2. The van der Waals surface area contributed by atoms with E-state index in [9.17, 15) is 20.0 Å². The van der Waals surface area contributed by atoms with Crippen molar-refractivity contribution in [2.75, 3.05) is 59.6 Å². The summed E-state index contributed by atoms with van der Waals surface area (Å²) in [4.78, 5) is 32.1. The summed E-state index contributed by atoms with van der Waals surface area (Å²) in [5, 5.41) is 25.8. The Balaban J connectivity index is 1.06. The summed E-state index contributed by atoms with van der Waals surface area (Å²) in [6.45, 7) is 2.77. The van der Waals surface area contributed by atoms with Gasteiger partial charge in [-0.2, -0.15) is 17.0 Å². The molecule has 9 rings (SSSR count). The molecular weight excluding hydrogens is 931 g/mol. The zero-order chi connectivity index (χ0) is 46.6. The lowest BCUT2D eigenvalue weighted by molar-refractivity contribution is -0.150. The van der Waals surface area contributed by atoms with Crippen LogP contribution in [0.2, 0.25) is 0 Å². The average molecular weight is 980 g/mol. The number of likely N-dealkylation sites (N-methyl/N-ethyl adjacent to an activating group) is 1. The van der Waals surface area contributed by atoms with Gasteiger partial charge in [0, 0.05) is 58.9 Å². The Morgan fingerprint density at radius 3 is 2.35 bits per heavy atom. The van der Waals surface area contributed by atoms with Crippen LogP contribution in [0.1, 0.15) is 62.5 Å². The molecule has 5 aliphatic rings. The minimum absolute atomic E-state index is 0.0274. The van der Waals surface area contributed by atoms with Gasteiger partial charge in [-0.05, 0) is 67.1 Å². The third kappa shape index (κ3) is 8.22. The number of aryl methyl sites for hydroxylation is 1. The number of nitriles is 1. The first-order valence-corrected chi connectivity index (χ1v) is 23.8. The van der Waals surface area contributed by atoms with Crippen LogP contribution in [0.15, 0.2) is 54.6 Å². The van der Waals surface area contributed by atoms with Gasteiger partial charge in [0.05, 0.1) is 25.3 Å². The van der Waals surface area contributed by atoms with Gasteiger partial charge < -0.3 is 43.6 Å². The quantitative estimate of drug-likeness (QED) is 0.0752.